The Morgan fingerprint density at radius 2 is 2.03 bits per heavy atom. The first kappa shape index (κ1) is 24.8. The fourth-order valence-corrected chi connectivity index (χ4v) is 4.64. The lowest BCUT2D eigenvalue weighted by atomic mass is 10.00. The molecule has 1 saturated heterocycles. The van der Waals surface area contributed by atoms with E-state index in [-0.39, 0.29) is 8.76 Å². The number of hydrogen-bond donors (Lipinski definition) is 2. The minimum atomic E-state index is -0.835. The fraction of sp³-hybridized carbons (Fsp3) is 0.720. The second kappa shape index (κ2) is 13.0. The molecule has 0 aliphatic carbocycles. The Balaban J connectivity index is 0.00000289. The maximum atomic E-state index is 12.7. The Hall–Kier alpha value is -1.83. The van der Waals surface area contributed by atoms with Gasteiger partial charge in [-0.25, -0.2) is 0 Å². The van der Waals surface area contributed by atoms with E-state index in [0.717, 1.165) is 37.8 Å². The fourth-order valence-electron chi connectivity index (χ4n) is 4.64. The number of fused-ring (bicyclic) bond motifs is 1. The van der Waals surface area contributed by atoms with Gasteiger partial charge in [-0.05, 0) is 43.5 Å². The Morgan fingerprint density at radius 3 is 2.81 bits per heavy atom. The van der Waals surface area contributed by atoms with Crippen LogP contribution in [0.4, 0.5) is 0 Å². The molecule has 0 saturated carbocycles. The number of aliphatic hydroxyl groups excluding tert-OH is 1. The molecule has 1 fully saturated rings. The lowest BCUT2D eigenvalue weighted by Gasteiger charge is -2.32. The summed E-state index contributed by atoms with van der Waals surface area (Å²) in [7, 11) is 1.72. The molecule has 0 aromatic heterocycles. The number of aliphatic hydroxyl groups is 1. The van der Waals surface area contributed by atoms with Gasteiger partial charge in [-0.15, -0.1) is 0 Å². The third-order valence-corrected chi connectivity index (χ3v) is 6.43. The Bertz CT molecular complexity index is 725. The van der Waals surface area contributed by atoms with E-state index in [4.69, 9.17) is 14.2 Å². The van der Waals surface area contributed by atoms with Crippen molar-refractivity contribution in [2.24, 2.45) is 0 Å². The number of likely N-dealkylation sites (tertiary alicyclic amines) is 1. The molecule has 1 amide bonds. The van der Waals surface area contributed by atoms with Gasteiger partial charge >= 0.3 is 0 Å². The van der Waals surface area contributed by atoms with E-state index in [1.807, 2.05) is 18.2 Å². The number of carbonyl (C=O) groups excluding carboxylic acids is 1. The lowest BCUT2D eigenvalue weighted by Crippen LogP contribution is -2.49. The van der Waals surface area contributed by atoms with Crippen LogP contribution in [-0.4, -0.2) is 68.0 Å². The summed E-state index contributed by atoms with van der Waals surface area (Å²) in [5.74, 6) is 1.34. The smallest absolute Gasteiger partial charge is 0.220 e. The summed E-state index contributed by atoms with van der Waals surface area (Å²) in [6, 6.07) is 5.45. The standard InChI is InChI=1S/C25H40N2O5.2H2/c1-3-4-5-6-7-10-24(28)26-21(17-27-13-8-9-20(27)18-30-2)25(29)19-11-12-22-23(16-19)32-15-14-31-22;;/h11-12,16,20-21,25,29H,3-10,13-15,17-18H2,1-2H3,(H,26,28);2*1H/t20-,21+,25-;;/m0../s1. The number of ether oxygens (including phenoxy) is 3. The molecule has 0 unspecified atom stereocenters. The van der Waals surface area contributed by atoms with Crippen molar-refractivity contribution < 1.29 is 27.0 Å². The van der Waals surface area contributed by atoms with Gasteiger partial charge in [-0.3, -0.25) is 9.69 Å². The maximum absolute atomic E-state index is 12.7. The van der Waals surface area contributed by atoms with Gasteiger partial charge < -0.3 is 24.6 Å². The highest BCUT2D eigenvalue weighted by Crippen LogP contribution is 2.34. The van der Waals surface area contributed by atoms with Crippen LogP contribution in [0.15, 0.2) is 18.2 Å². The summed E-state index contributed by atoms with van der Waals surface area (Å²) >= 11 is 0. The van der Waals surface area contributed by atoms with Crippen LogP contribution in [0.5, 0.6) is 11.5 Å². The van der Waals surface area contributed by atoms with Gasteiger partial charge in [-0.1, -0.05) is 38.7 Å². The summed E-state index contributed by atoms with van der Waals surface area (Å²) in [6.07, 6.45) is 7.36. The number of unbranched alkanes of at least 4 members (excludes halogenated alkanes) is 4. The predicted octanol–water partition coefficient (Wildman–Crippen LogP) is 3.94. The largest absolute Gasteiger partial charge is 0.486 e. The second-order valence-electron chi connectivity index (χ2n) is 8.93. The first-order chi connectivity index (χ1) is 15.6. The van der Waals surface area contributed by atoms with Crippen LogP contribution < -0.4 is 14.8 Å². The SMILES string of the molecule is CCCCCCCC(=O)N[C@H](CN1CCC[C@H]1COC)[C@@H](O)c1ccc2c(c1)OCCO2.[HH].[HH]. The van der Waals surface area contributed by atoms with E-state index in [0.29, 0.717) is 50.3 Å². The molecule has 1 aromatic rings. The molecular weight excluding hydrogens is 408 g/mol. The molecule has 32 heavy (non-hydrogen) atoms. The van der Waals surface area contributed by atoms with E-state index in [9.17, 15) is 9.90 Å². The Morgan fingerprint density at radius 1 is 1.25 bits per heavy atom. The minimum absolute atomic E-state index is 0. The average molecular weight is 453 g/mol. The zero-order chi connectivity index (χ0) is 22.8. The summed E-state index contributed by atoms with van der Waals surface area (Å²) in [5.41, 5.74) is 0.727. The molecule has 2 aliphatic rings. The Labute approximate surface area is 195 Å². The average Bonchev–Trinajstić information content (AvgIpc) is 3.24. The molecule has 2 N–H and O–H groups in total. The van der Waals surface area contributed by atoms with Crippen molar-refractivity contribution in [2.75, 3.05) is 40.0 Å². The molecule has 3 rings (SSSR count). The molecule has 0 radical (unpaired) electrons. The monoisotopic (exact) mass is 452 g/mol. The number of methoxy groups -OCH3 is 1. The highest BCUT2D eigenvalue weighted by atomic mass is 16.6. The number of carbonyl (C=O) groups is 1. The van der Waals surface area contributed by atoms with Crippen molar-refractivity contribution in [3.8, 4) is 11.5 Å². The van der Waals surface area contributed by atoms with E-state index >= 15 is 0 Å². The van der Waals surface area contributed by atoms with Gasteiger partial charge in [0.25, 0.3) is 0 Å². The zero-order valence-corrected chi connectivity index (χ0v) is 19.7. The number of rotatable bonds is 13. The molecule has 7 nitrogen and oxygen atoms in total. The van der Waals surface area contributed by atoms with E-state index in [2.05, 4.69) is 17.1 Å². The van der Waals surface area contributed by atoms with Crippen LogP contribution in [0, 0.1) is 0 Å². The third kappa shape index (κ3) is 7.09. The topological polar surface area (TPSA) is 80.3 Å². The summed E-state index contributed by atoms with van der Waals surface area (Å²) in [5, 5.41) is 14.4. The first-order valence-corrected chi connectivity index (χ1v) is 12.2. The van der Waals surface area contributed by atoms with Gasteiger partial charge in [0.15, 0.2) is 11.5 Å². The third-order valence-electron chi connectivity index (χ3n) is 6.43. The maximum Gasteiger partial charge on any atom is 0.220 e. The van der Waals surface area contributed by atoms with E-state index in [1.54, 1.807) is 7.11 Å². The molecule has 0 spiro atoms. The van der Waals surface area contributed by atoms with Crippen molar-refractivity contribution in [2.45, 2.75) is 76.5 Å². The minimum Gasteiger partial charge on any atom is -0.486 e. The van der Waals surface area contributed by atoms with Crippen molar-refractivity contribution in [1.29, 1.82) is 0 Å². The normalized spacial score (nSPS) is 20.2. The zero-order valence-electron chi connectivity index (χ0n) is 19.7. The van der Waals surface area contributed by atoms with Gasteiger partial charge in [-0.2, -0.15) is 0 Å². The van der Waals surface area contributed by atoms with Crippen molar-refractivity contribution in [3.05, 3.63) is 23.8 Å². The summed E-state index contributed by atoms with van der Waals surface area (Å²) < 4.78 is 16.7. The van der Waals surface area contributed by atoms with Crippen LogP contribution in [-0.2, 0) is 9.53 Å². The first-order valence-electron chi connectivity index (χ1n) is 12.2. The Kier molecular flexibility index (Phi) is 10.1. The molecule has 2 aliphatic heterocycles. The molecule has 184 valence electrons. The number of nitrogens with zero attached hydrogens (tertiary/aromatic N) is 1. The highest BCUT2D eigenvalue weighted by molar-refractivity contribution is 5.76. The van der Waals surface area contributed by atoms with Crippen LogP contribution in [0.2, 0.25) is 0 Å². The predicted molar refractivity (Wildman–Crippen MR) is 128 cm³/mol. The van der Waals surface area contributed by atoms with E-state index < -0.39 is 12.1 Å². The van der Waals surface area contributed by atoms with Crippen molar-refractivity contribution >= 4 is 5.91 Å². The quantitative estimate of drug-likeness (QED) is 0.441. The molecular formula is C25H44N2O5. The van der Waals surface area contributed by atoms with Crippen LogP contribution >= 0.6 is 0 Å². The number of hydrogen-bond acceptors (Lipinski definition) is 6. The van der Waals surface area contributed by atoms with Crippen molar-refractivity contribution in [3.63, 3.8) is 0 Å². The molecule has 3 atom stereocenters. The van der Waals surface area contributed by atoms with Gasteiger partial charge in [0, 0.05) is 29.0 Å². The van der Waals surface area contributed by atoms with Gasteiger partial charge in [0.2, 0.25) is 5.91 Å². The van der Waals surface area contributed by atoms with Crippen LogP contribution in [0.25, 0.3) is 0 Å². The second-order valence-corrected chi connectivity index (χ2v) is 8.93. The number of benzene rings is 1. The van der Waals surface area contributed by atoms with Gasteiger partial charge in [0.05, 0.1) is 12.6 Å². The molecule has 0 bridgehead atoms. The lowest BCUT2D eigenvalue weighted by molar-refractivity contribution is -0.123. The molecule has 1 aromatic carbocycles. The molecule has 7 heteroatoms. The van der Waals surface area contributed by atoms with E-state index in [1.165, 1.54) is 19.3 Å². The summed E-state index contributed by atoms with van der Waals surface area (Å²) in [4.78, 5) is 15.1. The van der Waals surface area contributed by atoms with Gasteiger partial charge in [0.1, 0.15) is 19.3 Å². The summed E-state index contributed by atoms with van der Waals surface area (Å²) in [6.45, 7) is 5.42. The number of nitrogens with one attached hydrogen (secondary N) is 1. The highest BCUT2D eigenvalue weighted by Gasteiger charge is 2.31. The molecule has 2 heterocycles. The number of amides is 1. The van der Waals surface area contributed by atoms with Crippen molar-refractivity contribution in [1.82, 2.24) is 10.2 Å². The van der Waals surface area contributed by atoms with Crippen LogP contribution in [0.3, 0.4) is 0 Å². The van der Waals surface area contributed by atoms with Crippen LogP contribution in [0.1, 0.15) is 72.8 Å².